The maximum atomic E-state index is 12.8. The Morgan fingerprint density at radius 1 is 1.26 bits per heavy atom. The van der Waals surface area contributed by atoms with Crippen molar-refractivity contribution in [2.75, 3.05) is 13.1 Å². The van der Waals surface area contributed by atoms with Crippen molar-refractivity contribution < 1.29 is 19.1 Å². The van der Waals surface area contributed by atoms with E-state index in [4.69, 9.17) is 27.9 Å². The number of carbonyl (C=O) groups excluding carboxylic acids is 3. The Hall–Kier alpha value is -1.79. The first-order valence-electron chi connectivity index (χ1n) is 8.95. The summed E-state index contributed by atoms with van der Waals surface area (Å²) in [6.45, 7) is 5.85. The van der Waals surface area contributed by atoms with E-state index in [1.807, 2.05) is 0 Å². The monoisotopic (exact) mass is 414 g/mol. The molecule has 2 amide bonds. The average molecular weight is 415 g/mol. The van der Waals surface area contributed by atoms with Crippen LogP contribution in [0.25, 0.3) is 0 Å². The predicted molar refractivity (Wildman–Crippen MR) is 104 cm³/mol. The second-order valence-electron chi connectivity index (χ2n) is 6.91. The fraction of sp³-hybridized carbons (Fsp3) is 0.526. The van der Waals surface area contributed by atoms with Gasteiger partial charge in [0.05, 0.1) is 22.6 Å². The van der Waals surface area contributed by atoms with E-state index in [9.17, 15) is 14.4 Å². The SMILES string of the molecule is CC(C)OC(=O)[C@@H](C)CNC(=O)[C@H]1CCCN1C(=O)c1cc(Cl)ccc1Cl. The van der Waals surface area contributed by atoms with Gasteiger partial charge >= 0.3 is 5.97 Å². The number of nitrogens with one attached hydrogen (secondary N) is 1. The van der Waals surface area contributed by atoms with Crippen LogP contribution in [0.15, 0.2) is 18.2 Å². The third-order valence-corrected chi connectivity index (χ3v) is 4.88. The highest BCUT2D eigenvalue weighted by Crippen LogP contribution is 2.26. The van der Waals surface area contributed by atoms with E-state index in [2.05, 4.69) is 5.32 Å². The number of nitrogens with zero attached hydrogens (tertiary/aromatic N) is 1. The second kappa shape index (κ2) is 9.42. The van der Waals surface area contributed by atoms with Crippen molar-refractivity contribution in [1.29, 1.82) is 0 Å². The zero-order valence-corrected chi connectivity index (χ0v) is 17.1. The number of hydrogen-bond donors (Lipinski definition) is 1. The van der Waals surface area contributed by atoms with E-state index < -0.39 is 12.0 Å². The molecule has 1 heterocycles. The van der Waals surface area contributed by atoms with Gasteiger partial charge in [0, 0.05) is 18.1 Å². The first-order chi connectivity index (χ1) is 12.7. The van der Waals surface area contributed by atoms with Gasteiger partial charge in [0.2, 0.25) is 5.91 Å². The summed E-state index contributed by atoms with van der Waals surface area (Å²) in [6, 6.07) is 4.07. The molecule has 0 saturated carbocycles. The normalized spacial score (nSPS) is 17.7. The third-order valence-electron chi connectivity index (χ3n) is 4.31. The maximum Gasteiger partial charge on any atom is 0.310 e. The Bertz CT molecular complexity index is 724. The van der Waals surface area contributed by atoms with E-state index >= 15 is 0 Å². The van der Waals surface area contributed by atoms with Crippen LogP contribution in [0.1, 0.15) is 44.0 Å². The molecular weight excluding hydrogens is 391 g/mol. The first kappa shape index (κ1) is 21.5. The molecule has 1 fully saturated rings. The third kappa shape index (κ3) is 5.59. The van der Waals surface area contributed by atoms with Gasteiger partial charge in [-0.2, -0.15) is 0 Å². The largest absolute Gasteiger partial charge is 0.463 e. The number of carbonyl (C=O) groups is 3. The predicted octanol–water partition coefficient (Wildman–Crippen LogP) is 3.30. The van der Waals surface area contributed by atoms with Gasteiger partial charge in [-0.3, -0.25) is 14.4 Å². The lowest BCUT2D eigenvalue weighted by molar-refractivity contribution is -0.151. The van der Waals surface area contributed by atoms with Crippen molar-refractivity contribution in [2.45, 2.75) is 45.8 Å². The average Bonchev–Trinajstić information content (AvgIpc) is 3.10. The summed E-state index contributed by atoms with van der Waals surface area (Å²) in [5, 5.41) is 3.44. The van der Waals surface area contributed by atoms with Gasteiger partial charge in [0.15, 0.2) is 0 Å². The molecule has 0 unspecified atom stereocenters. The summed E-state index contributed by atoms with van der Waals surface area (Å²) in [5.74, 6) is -1.45. The lowest BCUT2D eigenvalue weighted by Crippen LogP contribution is -2.47. The van der Waals surface area contributed by atoms with Gasteiger partial charge in [-0.1, -0.05) is 30.1 Å². The number of hydrogen-bond acceptors (Lipinski definition) is 4. The molecule has 2 atom stereocenters. The Kier molecular flexibility index (Phi) is 7.50. The van der Waals surface area contributed by atoms with E-state index in [0.717, 1.165) is 0 Å². The number of likely N-dealkylation sites (tertiary alicyclic amines) is 1. The quantitative estimate of drug-likeness (QED) is 0.724. The highest BCUT2D eigenvalue weighted by molar-refractivity contribution is 6.35. The molecule has 1 aliphatic rings. The fourth-order valence-corrected chi connectivity index (χ4v) is 3.27. The zero-order chi connectivity index (χ0) is 20.1. The van der Waals surface area contributed by atoms with E-state index in [-0.39, 0.29) is 36.0 Å². The minimum absolute atomic E-state index is 0.154. The molecule has 148 valence electrons. The minimum Gasteiger partial charge on any atom is -0.463 e. The summed E-state index contributed by atoms with van der Waals surface area (Å²) in [4.78, 5) is 38.8. The number of halogens is 2. The van der Waals surface area contributed by atoms with Crippen LogP contribution in [0.2, 0.25) is 10.0 Å². The molecule has 0 bridgehead atoms. The molecule has 1 aromatic carbocycles. The molecule has 1 aliphatic heterocycles. The summed E-state index contributed by atoms with van der Waals surface area (Å²) in [7, 11) is 0. The van der Waals surface area contributed by atoms with Gasteiger partial charge in [-0.05, 0) is 44.9 Å². The van der Waals surface area contributed by atoms with Crippen LogP contribution in [-0.2, 0) is 14.3 Å². The van der Waals surface area contributed by atoms with E-state index in [1.54, 1.807) is 32.9 Å². The molecule has 1 saturated heterocycles. The van der Waals surface area contributed by atoms with Crippen LogP contribution >= 0.6 is 23.2 Å². The Morgan fingerprint density at radius 2 is 1.96 bits per heavy atom. The first-order valence-corrected chi connectivity index (χ1v) is 9.70. The summed E-state index contributed by atoms with van der Waals surface area (Å²) >= 11 is 12.1. The molecule has 0 aliphatic carbocycles. The van der Waals surface area contributed by atoms with Gasteiger partial charge < -0.3 is 15.0 Å². The fourth-order valence-electron chi connectivity index (χ4n) is 2.90. The summed E-state index contributed by atoms with van der Waals surface area (Å²) in [6.07, 6.45) is 1.06. The zero-order valence-electron chi connectivity index (χ0n) is 15.6. The summed E-state index contributed by atoms with van der Waals surface area (Å²) in [5.41, 5.74) is 0.276. The smallest absolute Gasteiger partial charge is 0.310 e. The van der Waals surface area contributed by atoms with Crippen molar-refractivity contribution >= 4 is 41.0 Å². The molecule has 6 nitrogen and oxygen atoms in total. The van der Waals surface area contributed by atoms with Crippen molar-refractivity contribution in [1.82, 2.24) is 10.2 Å². The van der Waals surface area contributed by atoms with Crippen LogP contribution < -0.4 is 5.32 Å². The molecule has 0 aromatic heterocycles. The molecular formula is C19H24Cl2N2O4. The van der Waals surface area contributed by atoms with Crippen LogP contribution in [0, 0.1) is 5.92 Å². The number of benzene rings is 1. The topological polar surface area (TPSA) is 75.7 Å². The van der Waals surface area contributed by atoms with E-state index in [0.29, 0.717) is 29.4 Å². The lowest BCUT2D eigenvalue weighted by atomic mass is 10.1. The van der Waals surface area contributed by atoms with Crippen LogP contribution in [0.5, 0.6) is 0 Å². The minimum atomic E-state index is -0.596. The molecule has 0 radical (unpaired) electrons. The molecule has 27 heavy (non-hydrogen) atoms. The van der Waals surface area contributed by atoms with E-state index in [1.165, 1.54) is 11.0 Å². The van der Waals surface area contributed by atoms with Crippen molar-refractivity contribution in [3.05, 3.63) is 33.8 Å². The second-order valence-corrected chi connectivity index (χ2v) is 7.76. The van der Waals surface area contributed by atoms with Gasteiger partial charge in [-0.15, -0.1) is 0 Å². The molecule has 1 aromatic rings. The van der Waals surface area contributed by atoms with Crippen molar-refractivity contribution in [3.63, 3.8) is 0 Å². The molecule has 1 N–H and O–H groups in total. The van der Waals surface area contributed by atoms with Crippen LogP contribution in [0.3, 0.4) is 0 Å². The number of esters is 1. The highest BCUT2D eigenvalue weighted by atomic mass is 35.5. The number of rotatable bonds is 6. The van der Waals surface area contributed by atoms with Crippen LogP contribution in [0.4, 0.5) is 0 Å². The maximum absolute atomic E-state index is 12.8. The van der Waals surface area contributed by atoms with Crippen molar-refractivity contribution in [2.24, 2.45) is 5.92 Å². The number of ether oxygens (including phenoxy) is 1. The summed E-state index contributed by atoms with van der Waals surface area (Å²) < 4.78 is 5.13. The Morgan fingerprint density at radius 3 is 2.63 bits per heavy atom. The van der Waals surface area contributed by atoms with Crippen molar-refractivity contribution in [3.8, 4) is 0 Å². The Balaban J connectivity index is 2.00. The lowest BCUT2D eigenvalue weighted by Gasteiger charge is -2.25. The van der Waals surface area contributed by atoms with Gasteiger partial charge in [-0.25, -0.2) is 0 Å². The Labute approximate surface area is 169 Å². The number of amides is 2. The molecule has 0 spiro atoms. The molecule has 8 heteroatoms. The van der Waals surface area contributed by atoms with Crippen LogP contribution in [-0.4, -0.2) is 47.9 Å². The highest BCUT2D eigenvalue weighted by Gasteiger charge is 2.35. The standard InChI is InChI=1S/C19H24Cl2N2O4/c1-11(2)27-19(26)12(3)10-22-17(24)16-5-4-8-23(16)18(25)14-9-13(20)6-7-15(14)21/h6-7,9,11-12,16H,4-5,8,10H2,1-3H3,(H,22,24)/t12-,16+/m0/s1. The van der Waals surface area contributed by atoms with Gasteiger partial charge in [0.25, 0.3) is 5.91 Å². The van der Waals surface area contributed by atoms with Gasteiger partial charge in [0.1, 0.15) is 6.04 Å². The molecule has 2 rings (SSSR count).